The fourth-order valence-corrected chi connectivity index (χ4v) is 4.59. The van der Waals surface area contributed by atoms with Crippen LogP contribution < -0.4 is 10.4 Å². The predicted octanol–water partition coefficient (Wildman–Crippen LogP) is 3.86. The molecule has 9 heteroatoms. The van der Waals surface area contributed by atoms with Gasteiger partial charge in [0.1, 0.15) is 5.82 Å². The minimum absolute atomic E-state index is 0.141. The van der Waals surface area contributed by atoms with Crippen molar-refractivity contribution in [2.45, 2.75) is 50.9 Å². The first-order valence-corrected chi connectivity index (χ1v) is 12.6. The van der Waals surface area contributed by atoms with E-state index < -0.39 is 18.3 Å². The van der Waals surface area contributed by atoms with Crippen LogP contribution in [-0.2, 0) is 20.8 Å². The van der Waals surface area contributed by atoms with Crippen molar-refractivity contribution in [3.05, 3.63) is 65.9 Å². The van der Waals surface area contributed by atoms with Crippen LogP contribution in [0, 0.1) is 0 Å². The van der Waals surface area contributed by atoms with Crippen LogP contribution in [0.2, 0.25) is 0 Å². The lowest BCUT2D eigenvalue weighted by molar-refractivity contribution is -0.198. The predicted molar refractivity (Wildman–Crippen MR) is 136 cm³/mol. The average molecular weight is 495 g/mol. The Kier molecular flexibility index (Phi) is 9.43. The van der Waals surface area contributed by atoms with Crippen LogP contribution in [0.15, 0.2) is 54.7 Å². The van der Waals surface area contributed by atoms with Crippen molar-refractivity contribution in [3.8, 4) is 0 Å². The summed E-state index contributed by atoms with van der Waals surface area (Å²) >= 11 is 0. The molecule has 0 bridgehead atoms. The second-order valence-electron chi connectivity index (χ2n) is 9.15. The van der Waals surface area contributed by atoms with Gasteiger partial charge in [0, 0.05) is 38.4 Å². The molecule has 2 fully saturated rings. The fourth-order valence-electron chi connectivity index (χ4n) is 4.59. The number of ether oxygens (including phenoxy) is 1. The van der Waals surface area contributed by atoms with E-state index in [9.17, 15) is 14.7 Å². The molecule has 0 radical (unpaired) electrons. The molecule has 0 saturated carbocycles. The van der Waals surface area contributed by atoms with Crippen LogP contribution in [0.1, 0.15) is 43.2 Å². The van der Waals surface area contributed by atoms with Crippen LogP contribution in [0.4, 0.5) is 10.6 Å². The maximum Gasteiger partial charge on any atom is 0.413 e. The molecule has 1 aromatic heterocycles. The Hall–Kier alpha value is -3.27. The number of benzene rings is 1. The highest BCUT2D eigenvalue weighted by Crippen LogP contribution is 2.23. The van der Waals surface area contributed by atoms with Gasteiger partial charge in [-0.05, 0) is 68.0 Å². The van der Waals surface area contributed by atoms with Crippen molar-refractivity contribution in [1.29, 1.82) is 0 Å². The zero-order chi connectivity index (χ0) is 25.2. The molecule has 2 atom stereocenters. The molecule has 3 heterocycles. The molecule has 2 aliphatic heterocycles. The second kappa shape index (κ2) is 13.2. The summed E-state index contributed by atoms with van der Waals surface area (Å²) in [6.45, 7) is 3.13. The van der Waals surface area contributed by atoms with Gasteiger partial charge in [-0.25, -0.2) is 20.1 Å². The summed E-state index contributed by atoms with van der Waals surface area (Å²) in [6.07, 6.45) is 8.68. The summed E-state index contributed by atoms with van der Waals surface area (Å²) in [5.74, 6) is -0.0169. The number of nitrogens with zero attached hydrogens (tertiary/aromatic N) is 3. The number of carbonyl (C=O) groups excluding carboxylic acids is 1. The van der Waals surface area contributed by atoms with Gasteiger partial charge in [-0.1, -0.05) is 30.3 Å². The number of pyridine rings is 1. The normalized spacial score (nSPS) is 20.4. The van der Waals surface area contributed by atoms with E-state index in [1.54, 1.807) is 24.4 Å². The number of carboxylic acid groups (broad SMARTS) is 1. The summed E-state index contributed by atoms with van der Waals surface area (Å²) in [6, 6.07) is 13.7. The number of aryl methyl sites for hydroxylation is 1. The first-order valence-electron chi connectivity index (χ1n) is 12.6. The fraction of sp³-hybridized carbons (Fsp3) is 0.444. The van der Waals surface area contributed by atoms with E-state index in [1.807, 2.05) is 6.07 Å². The van der Waals surface area contributed by atoms with E-state index in [1.165, 1.54) is 16.5 Å². The Morgan fingerprint density at radius 2 is 2.06 bits per heavy atom. The third-order valence-corrected chi connectivity index (χ3v) is 6.47. The van der Waals surface area contributed by atoms with E-state index in [4.69, 9.17) is 9.57 Å². The Morgan fingerprint density at radius 3 is 2.78 bits per heavy atom. The van der Waals surface area contributed by atoms with E-state index in [0.29, 0.717) is 24.5 Å². The molecule has 36 heavy (non-hydrogen) atoms. The van der Waals surface area contributed by atoms with Crippen molar-refractivity contribution in [2.75, 3.05) is 31.1 Å². The lowest BCUT2D eigenvalue weighted by atomic mass is 10.1. The van der Waals surface area contributed by atoms with E-state index in [-0.39, 0.29) is 6.04 Å². The van der Waals surface area contributed by atoms with Gasteiger partial charge in [0.05, 0.1) is 6.04 Å². The highest BCUT2D eigenvalue weighted by molar-refractivity contribution is 5.91. The number of hydroxylamine groups is 1. The summed E-state index contributed by atoms with van der Waals surface area (Å²) < 4.78 is 5.41. The number of hydrogen-bond acceptors (Lipinski definition) is 6. The summed E-state index contributed by atoms with van der Waals surface area (Å²) in [4.78, 5) is 37.4. The maximum absolute atomic E-state index is 12.1. The van der Waals surface area contributed by atoms with E-state index in [0.717, 1.165) is 51.6 Å². The van der Waals surface area contributed by atoms with Crippen LogP contribution in [-0.4, -0.2) is 65.6 Å². The lowest BCUT2D eigenvalue weighted by Crippen LogP contribution is -2.42. The molecule has 192 valence electrons. The zero-order valence-corrected chi connectivity index (χ0v) is 20.4. The van der Waals surface area contributed by atoms with Gasteiger partial charge in [-0.2, -0.15) is 0 Å². The quantitative estimate of drug-likeness (QED) is 0.382. The number of aromatic nitrogens is 1. The minimum atomic E-state index is -1.01. The Morgan fingerprint density at radius 1 is 1.19 bits per heavy atom. The molecular weight excluding hydrogens is 460 g/mol. The Labute approximate surface area is 211 Å². The second-order valence-corrected chi connectivity index (χ2v) is 9.15. The monoisotopic (exact) mass is 494 g/mol. The van der Waals surface area contributed by atoms with Gasteiger partial charge in [-0.15, -0.1) is 0 Å². The first-order chi connectivity index (χ1) is 17.6. The number of rotatable bonds is 10. The van der Waals surface area contributed by atoms with Gasteiger partial charge in [0.2, 0.25) is 0 Å². The number of anilines is 1. The third-order valence-electron chi connectivity index (χ3n) is 6.47. The van der Waals surface area contributed by atoms with Gasteiger partial charge >= 0.3 is 6.09 Å². The standard InChI is InChI=1S/C27H34N4O5/c32-25(29-36-26-10-4-5-18-35-26)14-12-22-11-13-24(28-19-22)31(27(33)34)23-15-17-30(20-23)16-6-9-21-7-2-1-3-8-21/h1-3,7-8,11-14,19,23,26H,4-6,9-10,15-18,20H2,(H,29,32)(H,33,34)/t23-,26?/m1/s1. The summed E-state index contributed by atoms with van der Waals surface area (Å²) in [5, 5.41) is 9.89. The topological polar surface area (TPSA) is 104 Å². The van der Waals surface area contributed by atoms with Crippen molar-refractivity contribution >= 4 is 23.9 Å². The molecule has 1 unspecified atom stereocenters. The molecule has 2 aliphatic rings. The van der Waals surface area contributed by atoms with Crippen LogP contribution >= 0.6 is 0 Å². The van der Waals surface area contributed by atoms with Gasteiger partial charge in [-0.3, -0.25) is 9.69 Å². The Balaban J connectivity index is 1.25. The van der Waals surface area contributed by atoms with Crippen LogP contribution in [0.3, 0.4) is 0 Å². The van der Waals surface area contributed by atoms with Gasteiger partial charge in [0.25, 0.3) is 5.91 Å². The molecule has 2 N–H and O–H groups in total. The highest BCUT2D eigenvalue weighted by atomic mass is 16.8. The molecule has 2 saturated heterocycles. The zero-order valence-electron chi connectivity index (χ0n) is 20.4. The SMILES string of the molecule is O=C(C=Cc1ccc(N(C(=O)O)[C@@H]2CCN(CCCc3ccccc3)C2)nc1)NOC1CCCCO1. The molecule has 2 aromatic rings. The van der Waals surface area contributed by atoms with Crippen molar-refractivity contribution < 1.29 is 24.3 Å². The molecule has 2 amide bonds. The molecule has 9 nitrogen and oxygen atoms in total. The van der Waals surface area contributed by atoms with Gasteiger partial charge < -0.3 is 14.7 Å². The number of likely N-dealkylation sites (tertiary alicyclic amines) is 1. The molecule has 1 aromatic carbocycles. The smallest absolute Gasteiger partial charge is 0.413 e. The highest BCUT2D eigenvalue weighted by Gasteiger charge is 2.32. The summed E-state index contributed by atoms with van der Waals surface area (Å²) in [7, 11) is 0. The number of amides is 2. The molecule has 4 rings (SSSR count). The minimum Gasteiger partial charge on any atom is -0.465 e. The average Bonchev–Trinajstić information content (AvgIpc) is 3.36. The molecule has 0 aliphatic carbocycles. The van der Waals surface area contributed by atoms with E-state index >= 15 is 0 Å². The Bertz CT molecular complexity index is 1010. The van der Waals surface area contributed by atoms with Crippen molar-refractivity contribution in [1.82, 2.24) is 15.4 Å². The first kappa shape index (κ1) is 25.8. The van der Waals surface area contributed by atoms with Crippen LogP contribution in [0.5, 0.6) is 0 Å². The van der Waals surface area contributed by atoms with Gasteiger partial charge in [0.15, 0.2) is 6.29 Å². The van der Waals surface area contributed by atoms with E-state index in [2.05, 4.69) is 39.6 Å². The number of nitrogens with one attached hydrogen (secondary N) is 1. The van der Waals surface area contributed by atoms with Crippen molar-refractivity contribution in [3.63, 3.8) is 0 Å². The lowest BCUT2D eigenvalue weighted by Gasteiger charge is -2.25. The van der Waals surface area contributed by atoms with Crippen molar-refractivity contribution in [2.24, 2.45) is 0 Å². The van der Waals surface area contributed by atoms with Crippen LogP contribution in [0.25, 0.3) is 6.08 Å². The largest absolute Gasteiger partial charge is 0.465 e. The third kappa shape index (κ3) is 7.61. The summed E-state index contributed by atoms with van der Waals surface area (Å²) in [5.41, 5.74) is 4.37. The molecule has 0 spiro atoms. The number of hydrogen-bond donors (Lipinski definition) is 2. The molecular formula is C27H34N4O5. The number of carbonyl (C=O) groups is 2. The maximum atomic E-state index is 12.1.